The first-order valence-corrected chi connectivity index (χ1v) is 12.0. The minimum Gasteiger partial charge on any atom is -0.493 e. The van der Waals surface area contributed by atoms with Gasteiger partial charge >= 0.3 is 18.4 Å². The lowest BCUT2D eigenvalue weighted by molar-refractivity contribution is -0.143. The Morgan fingerprint density at radius 1 is 0.975 bits per heavy atom. The molecule has 2 unspecified atom stereocenters. The largest absolute Gasteiger partial charge is 0.493 e. The zero-order valence-corrected chi connectivity index (χ0v) is 22.1. The molecule has 1 heterocycles. The number of methoxy groups -OCH3 is 3. The summed E-state index contributed by atoms with van der Waals surface area (Å²) in [4.78, 5) is 26.6. The number of ether oxygens (including phenoxy) is 4. The summed E-state index contributed by atoms with van der Waals surface area (Å²) in [5, 5.41) is 0. The molecule has 14 heteroatoms. The molecule has 0 aromatic heterocycles. The highest BCUT2D eigenvalue weighted by atomic mass is 19.4. The van der Waals surface area contributed by atoms with Gasteiger partial charge in [0.2, 0.25) is 0 Å². The maximum atomic E-state index is 13.5. The topological polar surface area (TPSA) is 77.5 Å². The molecular weight excluding hydrogens is 550 g/mol. The Hall–Kier alpha value is -3.84. The molecule has 1 aliphatic rings. The van der Waals surface area contributed by atoms with Crippen LogP contribution in [0.25, 0.3) is 0 Å². The summed E-state index contributed by atoms with van der Waals surface area (Å²) in [6.45, 7) is 1.80. The van der Waals surface area contributed by atoms with Gasteiger partial charge in [-0.2, -0.15) is 26.3 Å². The van der Waals surface area contributed by atoms with Gasteiger partial charge < -0.3 is 23.8 Å². The molecule has 0 bridgehead atoms. The van der Waals surface area contributed by atoms with Crippen LogP contribution in [0, 0.1) is 0 Å². The second-order valence-electron chi connectivity index (χ2n) is 9.04. The first-order valence-electron chi connectivity index (χ1n) is 12.0. The van der Waals surface area contributed by atoms with Gasteiger partial charge in [-0.25, -0.2) is 4.79 Å². The highest BCUT2D eigenvalue weighted by molar-refractivity contribution is 5.71. The number of anilines is 1. The number of hydrogen-bond acceptors (Lipinski definition) is 7. The fourth-order valence-electron chi connectivity index (χ4n) is 4.78. The second-order valence-corrected chi connectivity index (χ2v) is 9.04. The van der Waals surface area contributed by atoms with Crippen molar-refractivity contribution < 1.29 is 54.9 Å². The molecule has 220 valence electrons. The van der Waals surface area contributed by atoms with E-state index in [-0.39, 0.29) is 43.0 Å². The minimum absolute atomic E-state index is 0.0282. The summed E-state index contributed by atoms with van der Waals surface area (Å²) < 4.78 is 101. The number of halogens is 6. The summed E-state index contributed by atoms with van der Waals surface area (Å²) >= 11 is 0. The monoisotopic (exact) mass is 578 g/mol. The molecule has 0 spiro atoms. The molecule has 2 atom stereocenters. The van der Waals surface area contributed by atoms with Gasteiger partial charge in [0.25, 0.3) is 6.47 Å². The number of fused-ring (bicyclic) bond motifs is 1. The lowest BCUT2D eigenvalue weighted by atomic mass is 9.89. The third kappa shape index (κ3) is 6.65. The van der Waals surface area contributed by atoms with Gasteiger partial charge in [-0.15, -0.1) is 0 Å². The zero-order chi connectivity index (χ0) is 29.8. The number of rotatable bonds is 9. The van der Waals surface area contributed by atoms with Crippen LogP contribution in [-0.4, -0.2) is 58.0 Å². The predicted octanol–water partition coefficient (Wildman–Crippen LogP) is 5.82. The Morgan fingerprint density at radius 2 is 1.55 bits per heavy atom. The van der Waals surface area contributed by atoms with Crippen molar-refractivity contribution in [1.82, 2.24) is 4.90 Å². The molecule has 1 aliphatic heterocycles. The van der Waals surface area contributed by atoms with Crippen LogP contribution < -0.4 is 14.4 Å². The van der Waals surface area contributed by atoms with Crippen molar-refractivity contribution in [2.75, 3.05) is 39.4 Å². The summed E-state index contributed by atoms with van der Waals surface area (Å²) in [5.41, 5.74) is -2.34. The fraction of sp³-hybridized carbons (Fsp3) is 0.462. The average Bonchev–Trinajstić information content (AvgIpc) is 2.90. The number of amides is 1. The maximum Gasteiger partial charge on any atom is 0.416 e. The lowest BCUT2D eigenvalue weighted by Crippen LogP contribution is -2.46. The van der Waals surface area contributed by atoms with E-state index in [1.807, 2.05) is 11.8 Å². The summed E-state index contributed by atoms with van der Waals surface area (Å²) in [5.74, 6) is 0.626. The molecule has 0 aliphatic carbocycles. The van der Waals surface area contributed by atoms with Gasteiger partial charge in [0.05, 0.1) is 45.0 Å². The van der Waals surface area contributed by atoms with Crippen LogP contribution in [-0.2, 0) is 33.2 Å². The molecule has 8 nitrogen and oxygen atoms in total. The van der Waals surface area contributed by atoms with E-state index in [1.165, 1.54) is 14.2 Å². The smallest absolute Gasteiger partial charge is 0.416 e. The van der Waals surface area contributed by atoms with Crippen LogP contribution in [0.2, 0.25) is 0 Å². The van der Waals surface area contributed by atoms with Crippen LogP contribution in [0.15, 0.2) is 30.3 Å². The van der Waals surface area contributed by atoms with Crippen molar-refractivity contribution in [3.63, 3.8) is 0 Å². The van der Waals surface area contributed by atoms with Crippen molar-refractivity contribution in [2.45, 2.75) is 44.3 Å². The Kier molecular flexibility index (Phi) is 9.31. The summed E-state index contributed by atoms with van der Waals surface area (Å²) in [6, 6.07) is 3.25. The minimum atomic E-state index is -5.05. The lowest BCUT2D eigenvalue weighted by Gasteiger charge is -2.44. The molecule has 2 aromatic rings. The van der Waals surface area contributed by atoms with E-state index in [9.17, 15) is 35.9 Å². The second kappa shape index (κ2) is 12.1. The average molecular weight is 579 g/mol. The van der Waals surface area contributed by atoms with E-state index in [0.717, 1.165) is 12.0 Å². The van der Waals surface area contributed by atoms with Gasteiger partial charge in [0.15, 0.2) is 11.5 Å². The van der Waals surface area contributed by atoms with Crippen molar-refractivity contribution in [3.05, 3.63) is 52.6 Å². The van der Waals surface area contributed by atoms with Gasteiger partial charge in [0.1, 0.15) is 6.61 Å². The first kappa shape index (κ1) is 30.7. The van der Waals surface area contributed by atoms with Crippen molar-refractivity contribution in [1.29, 1.82) is 0 Å². The number of hydrogen-bond donors (Lipinski definition) is 0. The molecule has 0 radical (unpaired) electrons. The van der Waals surface area contributed by atoms with E-state index < -0.39 is 42.2 Å². The van der Waals surface area contributed by atoms with Crippen molar-refractivity contribution in [2.24, 2.45) is 0 Å². The van der Waals surface area contributed by atoms with E-state index >= 15 is 0 Å². The van der Waals surface area contributed by atoms with E-state index in [2.05, 4.69) is 0 Å². The molecule has 3 rings (SSSR count). The van der Waals surface area contributed by atoms with E-state index in [4.69, 9.17) is 18.9 Å². The Morgan fingerprint density at radius 3 is 2.05 bits per heavy atom. The zero-order valence-electron chi connectivity index (χ0n) is 22.1. The van der Waals surface area contributed by atoms with Gasteiger partial charge in [0, 0.05) is 29.9 Å². The molecule has 2 aromatic carbocycles. The molecule has 0 saturated carbocycles. The molecule has 0 N–H and O–H groups in total. The molecule has 0 saturated heterocycles. The van der Waals surface area contributed by atoms with Crippen LogP contribution in [0.5, 0.6) is 11.5 Å². The fourth-order valence-corrected chi connectivity index (χ4v) is 4.78. The Balaban J connectivity index is 2.16. The predicted molar refractivity (Wildman–Crippen MR) is 130 cm³/mol. The third-order valence-corrected chi connectivity index (χ3v) is 6.60. The summed E-state index contributed by atoms with van der Waals surface area (Å²) in [7, 11) is 3.87. The maximum absolute atomic E-state index is 13.5. The van der Waals surface area contributed by atoms with Crippen LogP contribution >= 0.6 is 0 Å². The van der Waals surface area contributed by atoms with Crippen LogP contribution in [0.4, 0.5) is 36.8 Å². The van der Waals surface area contributed by atoms with Crippen LogP contribution in [0.1, 0.15) is 41.6 Å². The number of alkyl halides is 6. The number of carbonyl (C=O) groups excluding carboxylic acids is 2. The molecular formula is C26H28F6N2O6. The Labute approximate surface area is 226 Å². The first-order chi connectivity index (χ1) is 18.7. The highest BCUT2D eigenvalue weighted by Crippen LogP contribution is 2.46. The van der Waals surface area contributed by atoms with Crippen molar-refractivity contribution >= 4 is 18.3 Å². The number of carbonyl (C=O) groups is 2. The van der Waals surface area contributed by atoms with Crippen LogP contribution in [0.3, 0.4) is 0 Å². The normalized spacial score (nSPS) is 17.1. The Bertz CT molecular complexity index is 1190. The molecule has 40 heavy (non-hydrogen) atoms. The van der Waals surface area contributed by atoms with E-state index in [0.29, 0.717) is 35.6 Å². The molecule has 0 fully saturated rings. The third-order valence-electron chi connectivity index (χ3n) is 6.60. The van der Waals surface area contributed by atoms with Gasteiger partial charge in [-0.05, 0) is 43.2 Å². The molecule has 1 amide bonds. The van der Waals surface area contributed by atoms with Crippen molar-refractivity contribution in [3.8, 4) is 11.5 Å². The number of nitrogens with zero attached hydrogens (tertiary/aromatic N) is 2. The summed E-state index contributed by atoms with van der Waals surface area (Å²) in [6.07, 6.45) is -10.8. The van der Waals surface area contributed by atoms with E-state index in [1.54, 1.807) is 12.1 Å². The standard InChI is InChI=1S/C26H28F6N2O6/c1-15-7-20(19-11-22(37-2)23(38-3)12-21(19)33(15)5-6-40-14-35)34(24(36)39-4)13-16-8-17(25(27,28)29)10-18(9-16)26(30,31)32/h8-12,14-15,20H,5-7,13H2,1-4H3. The van der Waals surface area contributed by atoms with Gasteiger partial charge in [-0.1, -0.05) is 0 Å². The SMILES string of the molecule is COC(=O)N(Cc1cc(C(F)(F)F)cc(C(F)(F)F)c1)C1CC(C)N(CCOC=O)c2cc(OC)c(OC)cc21. The highest BCUT2D eigenvalue weighted by Gasteiger charge is 2.40. The number of benzene rings is 2. The quantitative estimate of drug-likeness (QED) is 0.211. The van der Waals surface area contributed by atoms with Gasteiger partial charge in [-0.3, -0.25) is 9.69 Å².